The standard InChI is InChI=1S/C19H22F3N3OS/c1-18(2,3)17-24-25(11-12-5-4-6-12)16(27-17)9-15(26)13-10-23-8-7-14(13)19(20,21)22/h7-10,12H,4-6,11H2,1-3H3/b16-9-. The number of carbonyl (C=O) groups is 1. The van der Waals surface area contributed by atoms with E-state index in [0.29, 0.717) is 17.5 Å². The number of ketones is 1. The maximum Gasteiger partial charge on any atom is 0.417 e. The van der Waals surface area contributed by atoms with E-state index >= 15 is 0 Å². The summed E-state index contributed by atoms with van der Waals surface area (Å²) in [5.41, 5.74) is -1.61. The lowest BCUT2D eigenvalue weighted by atomic mass is 9.85. The molecule has 4 nitrogen and oxygen atoms in total. The van der Waals surface area contributed by atoms with Crippen molar-refractivity contribution >= 4 is 22.6 Å². The van der Waals surface area contributed by atoms with Crippen molar-refractivity contribution in [1.82, 2.24) is 9.99 Å². The van der Waals surface area contributed by atoms with Crippen molar-refractivity contribution in [2.45, 2.75) is 46.2 Å². The van der Waals surface area contributed by atoms with Crippen LogP contribution in [0.2, 0.25) is 0 Å². The third kappa shape index (κ3) is 4.54. The minimum atomic E-state index is -4.60. The van der Waals surface area contributed by atoms with Crippen molar-refractivity contribution in [2.75, 3.05) is 6.54 Å². The van der Waals surface area contributed by atoms with Gasteiger partial charge < -0.3 is 0 Å². The number of hydrogen-bond acceptors (Lipinski definition) is 5. The maximum absolute atomic E-state index is 13.2. The number of alkyl halides is 3. The summed E-state index contributed by atoms with van der Waals surface area (Å²) in [5.74, 6) is -0.196. The number of hydrogen-bond donors (Lipinski definition) is 0. The normalized spacial score (nSPS) is 20.0. The van der Waals surface area contributed by atoms with Crippen LogP contribution in [0.25, 0.3) is 0 Å². The number of rotatable bonds is 4. The molecule has 0 amide bonds. The molecule has 2 aliphatic rings. The predicted octanol–water partition coefficient (Wildman–Crippen LogP) is 5.33. The molecule has 0 atom stereocenters. The van der Waals surface area contributed by atoms with Crippen molar-refractivity contribution < 1.29 is 18.0 Å². The van der Waals surface area contributed by atoms with Gasteiger partial charge in [-0.05, 0) is 24.8 Å². The van der Waals surface area contributed by atoms with Crippen molar-refractivity contribution in [2.24, 2.45) is 16.4 Å². The summed E-state index contributed by atoms with van der Waals surface area (Å²) in [5, 5.41) is 7.84. The van der Waals surface area contributed by atoms with Gasteiger partial charge in [-0.15, -0.1) is 0 Å². The van der Waals surface area contributed by atoms with Gasteiger partial charge >= 0.3 is 6.18 Å². The molecule has 8 heteroatoms. The predicted molar refractivity (Wildman–Crippen MR) is 100 cm³/mol. The van der Waals surface area contributed by atoms with E-state index < -0.39 is 23.1 Å². The molecule has 1 aliphatic heterocycles. The van der Waals surface area contributed by atoms with E-state index in [0.717, 1.165) is 36.3 Å². The zero-order valence-electron chi connectivity index (χ0n) is 15.5. The minimum absolute atomic E-state index is 0.202. The summed E-state index contributed by atoms with van der Waals surface area (Å²) in [4.78, 5) is 16.3. The molecule has 0 bridgehead atoms. The van der Waals surface area contributed by atoms with Crippen molar-refractivity contribution in [3.8, 4) is 0 Å². The number of allylic oxidation sites excluding steroid dienone is 1. The molecule has 0 radical (unpaired) electrons. The first-order chi connectivity index (χ1) is 12.6. The second kappa shape index (κ2) is 7.30. The molecule has 0 saturated heterocycles. The molecule has 1 aromatic heterocycles. The number of hydrazone groups is 1. The summed E-state index contributed by atoms with van der Waals surface area (Å²) in [7, 11) is 0. The summed E-state index contributed by atoms with van der Waals surface area (Å²) < 4.78 is 39.6. The van der Waals surface area contributed by atoms with Gasteiger partial charge in [0.15, 0.2) is 5.78 Å². The monoisotopic (exact) mass is 397 g/mol. The van der Waals surface area contributed by atoms with Crippen molar-refractivity contribution in [1.29, 1.82) is 0 Å². The SMILES string of the molecule is CC(C)(C)C1=NN(CC2CCC2)/C(=C/C(=O)c2cnccc2C(F)(F)F)S1. The molecule has 0 spiro atoms. The van der Waals surface area contributed by atoms with Crippen LogP contribution in [0.3, 0.4) is 0 Å². The molecule has 0 unspecified atom stereocenters. The first kappa shape index (κ1) is 19.9. The Morgan fingerprint density at radius 1 is 1.33 bits per heavy atom. The summed E-state index contributed by atoms with van der Waals surface area (Å²) in [6, 6.07) is 0.830. The van der Waals surface area contributed by atoms with Crippen LogP contribution in [0.4, 0.5) is 13.2 Å². The second-order valence-corrected chi connectivity index (χ2v) is 8.91. The van der Waals surface area contributed by atoms with E-state index in [1.165, 1.54) is 24.3 Å². The number of aromatic nitrogens is 1. The van der Waals surface area contributed by atoms with Crippen molar-refractivity contribution in [3.63, 3.8) is 0 Å². The van der Waals surface area contributed by atoms with Crippen LogP contribution in [0, 0.1) is 11.3 Å². The van der Waals surface area contributed by atoms with Gasteiger partial charge in [-0.2, -0.15) is 18.3 Å². The van der Waals surface area contributed by atoms with Gasteiger partial charge in [0.05, 0.1) is 11.1 Å². The lowest BCUT2D eigenvalue weighted by molar-refractivity contribution is -0.137. The fraction of sp³-hybridized carbons (Fsp3) is 0.526. The minimum Gasteiger partial charge on any atom is -0.289 e. The Labute approximate surface area is 160 Å². The van der Waals surface area contributed by atoms with Gasteiger partial charge in [0.2, 0.25) is 0 Å². The average Bonchev–Trinajstić information content (AvgIpc) is 2.93. The molecule has 27 heavy (non-hydrogen) atoms. The highest BCUT2D eigenvalue weighted by molar-refractivity contribution is 8.17. The van der Waals surface area contributed by atoms with Gasteiger partial charge in [-0.25, -0.2) is 0 Å². The quantitative estimate of drug-likeness (QED) is 0.509. The van der Waals surface area contributed by atoms with Gasteiger partial charge in [0.1, 0.15) is 10.1 Å². The fourth-order valence-corrected chi connectivity index (χ4v) is 3.85. The van der Waals surface area contributed by atoms with E-state index in [-0.39, 0.29) is 5.41 Å². The highest BCUT2D eigenvalue weighted by atomic mass is 32.2. The van der Waals surface area contributed by atoms with E-state index in [1.807, 2.05) is 20.8 Å². The molecule has 0 aromatic carbocycles. The Kier molecular flexibility index (Phi) is 5.38. The smallest absolute Gasteiger partial charge is 0.289 e. The molecule has 1 fully saturated rings. The lowest BCUT2D eigenvalue weighted by Gasteiger charge is -2.29. The highest BCUT2D eigenvalue weighted by Gasteiger charge is 2.36. The fourth-order valence-electron chi connectivity index (χ4n) is 2.82. The number of thioether (sulfide) groups is 1. The molecule has 1 saturated carbocycles. The molecule has 0 N–H and O–H groups in total. The molecular formula is C19H22F3N3OS. The molecule has 1 aliphatic carbocycles. The number of nitrogens with zero attached hydrogens (tertiary/aromatic N) is 3. The van der Waals surface area contributed by atoms with Gasteiger partial charge in [0.25, 0.3) is 0 Å². The van der Waals surface area contributed by atoms with Gasteiger partial charge in [0, 0.05) is 30.4 Å². The van der Waals surface area contributed by atoms with E-state index in [4.69, 9.17) is 0 Å². The molecule has 1 aromatic rings. The third-order valence-electron chi connectivity index (χ3n) is 4.61. The van der Waals surface area contributed by atoms with E-state index in [2.05, 4.69) is 10.1 Å². The van der Waals surface area contributed by atoms with Crippen LogP contribution < -0.4 is 0 Å². The van der Waals surface area contributed by atoms with Crippen LogP contribution >= 0.6 is 11.8 Å². The van der Waals surface area contributed by atoms with Crippen LogP contribution in [0.5, 0.6) is 0 Å². The molecule has 146 valence electrons. The molecule has 3 rings (SSSR count). The number of carbonyl (C=O) groups excluding carboxylic acids is 1. The summed E-state index contributed by atoms with van der Waals surface area (Å²) in [6.45, 7) is 6.75. The van der Waals surface area contributed by atoms with E-state index in [9.17, 15) is 18.0 Å². The summed E-state index contributed by atoms with van der Waals surface area (Å²) in [6.07, 6.45) is 2.09. The Morgan fingerprint density at radius 3 is 2.59 bits per heavy atom. The lowest BCUT2D eigenvalue weighted by Crippen LogP contribution is -2.26. The Balaban J connectivity index is 1.89. The Hall–Kier alpha value is -1.83. The third-order valence-corrected chi connectivity index (χ3v) is 6.04. The van der Waals surface area contributed by atoms with Gasteiger partial charge in [-0.3, -0.25) is 14.8 Å². The van der Waals surface area contributed by atoms with Gasteiger partial charge in [-0.1, -0.05) is 39.0 Å². The molecular weight excluding hydrogens is 375 g/mol. The number of pyridine rings is 1. The average molecular weight is 397 g/mol. The topological polar surface area (TPSA) is 45.6 Å². The second-order valence-electron chi connectivity index (χ2n) is 7.90. The summed E-state index contributed by atoms with van der Waals surface area (Å²) >= 11 is 1.35. The molecule has 2 heterocycles. The highest BCUT2D eigenvalue weighted by Crippen LogP contribution is 2.40. The van der Waals surface area contributed by atoms with Crippen LogP contribution in [-0.4, -0.2) is 27.4 Å². The Bertz CT molecular complexity index is 792. The van der Waals surface area contributed by atoms with Crippen LogP contribution in [0.1, 0.15) is 56.0 Å². The first-order valence-electron chi connectivity index (χ1n) is 8.87. The van der Waals surface area contributed by atoms with Crippen molar-refractivity contribution in [3.05, 3.63) is 40.7 Å². The Morgan fingerprint density at radius 2 is 2.04 bits per heavy atom. The van der Waals surface area contributed by atoms with Crippen LogP contribution in [0.15, 0.2) is 34.7 Å². The van der Waals surface area contributed by atoms with Crippen LogP contribution in [-0.2, 0) is 6.18 Å². The largest absolute Gasteiger partial charge is 0.417 e. The maximum atomic E-state index is 13.2. The number of halogens is 3. The zero-order valence-corrected chi connectivity index (χ0v) is 16.3. The first-order valence-corrected chi connectivity index (χ1v) is 9.69. The van der Waals surface area contributed by atoms with E-state index in [1.54, 1.807) is 5.01 Å². The zero-order chi connectivity index (χ0) is 19.8.